The molecule has 9 heteroatoms. The van der Waals surface area contributed by atoms with E-state index in [4.69, 9.17) is 4.74 Å². The van der Waals surface area contributed by atoms with E-state index in [9.17, 15) is 9.59 Å². The third kappa shape index (κ3) is 4.35. The van der Waals surface area contributed by atoms with Crippen LogP contribution in [0.1, 0.15) is 47.0 Å². The molecular formula is C24H24N4O3S2. The number of hydrogen-bond acceptors (Lipinski definition) is 7. The van der Waals surface area contributed by atoms with Gasteiger partial charge in [-0.25, -0.2) is 4.79 Å². The molecule has 0 spiro atoms. The summed E-state index contributed by atoms with van der Waals surface area (Å²) in [7, 11) is 0. The standard InChI is InChI=1S/C24H24N4O3S2/c1-2-31-23(30)21-16-8-4-6-10-18(16)33-22(21)25-20(29)13-14-32-24-27-26-19-12-11-15-7-3-5-9-17(15)28(19)24/h3,5,7,9,11-12H,2,4,6,8,10,13-14H2,1H3,(H,25,29). The van der Waals surface area contributed by atoms with Crippen LogP contribution in [0.5, 0.6) is 0 Å². The van der Waals surface area contributed by atoms with Crippen molar-refractivity contribution in [2.45, 2.75) is 44.2 Å². The van der Waals surface area contributed by atoms with Crippen molar-refractivity contribution in [3.63, 3.8) is 0 Å². The monoisotopic (exact) mass is 480 g/mol. The molecule has 5 rings (SSSR count). The van der Waals surface area contributed by atoms with Crippen molar-refractivity contribution < 1.29 is 14.3 Å². The minimum atomic E-state index is -0.344. The molecule has 0 aliphatic heterocycles. The molecule has 4 aromatic rings. The zero-order valence-corrected chi connectivity index (χ0v) is 19.9. The van der Waals surface area contributed by atoms with E-state index in [1.807, 2.05) is 34.7 Å². The number of pyridine rings is 1. The fraction of sp³-hybridized carbons (Fsp3) is 0.333. The number of rotatable bonds is 7. The summed E-state index contributed by atoms with van der Waals surface area (Å²) < 4.78 is 7.29. The van der Waals surface area contributed by atoms with Gasteiger partial charge >= 0.3 is 5.97 Å². The number of thioether (sulfide) groups is 1. The molecule has 3 aromatic heterocycles. The molecular weight excluding hydrogens is 456 g/mol. The second-order valence-corrected chi connectivity index (χ2v) is 10.0. The maximum Gasteiger partial charge on any atom is 0.341 e. The number of nitrogens with zero attached hydrogens (tertiary/aromatic N) is 3. The van der Waals surface area contributed by atoms with E-state index in [0.717, 1.165) is 53.0 Å². The van der Waals surface area contributed by atoms with Gasteiger partial charge in [0.2, 0.25) is 5.91 Å². The SMILES string of the molecule is CCOC(=O)c1c(NC(=O)CCSc2nnc3ccc4ccccc4n23)sc2c1CCCC2. The number of para-hydroxylation sites is 1. The van der Waals surface area contributed by atoms with Crippen LogP contribution in [0, 0.1) is 0 Å². The van der Waals surface area contributed by atoms with Crippen LogP contribution in [0.4, 0.5) is 5.00 Å². The second-order valence-electron chi connectivity index (χ2n) is 7.85. The van der Waals surface area contributed by atoms with E-state index in [-0.39, 0.29) is 11.9 Å². The number of ether oxygens (including phenoxy) is 1. The van der Waals surface area contributed by atoms with Crippen LogP contribution < -0.4 is 5.32 Å². The largest absolute Gasteiger partial charge is 0.462 e. The first-order valence-electron chi connectivity index (χ1n) is 11.1. The Morgan fingerprint density at radius 1 is 1.15 bits per heavy atom. The number of fused-ring (bicyclic) bond motifs is 4. The number of hydrogen-bond donors (Lipinski definition) is 1. The summed E-state index contributed by atoms with van der Waals surface area (Å²) in [6.07, 6.45) is 4.28. The Morgan fingerprint density at radius 3 is 2.88 bits per heavy atom. The molecule has 1 amide bonds. The minimum absolute atomic E-state index is 0.120. The molecule has 1 aromatic carbocycles. The van der Waals surface area contributed by atoms with E-state index < -0.39 is 0 Å². The molecule has 0 radical (unpaired) electrons. The Hall–Kier alpha value is -2.91. The fourth-order valence-electron chi connectivity index (χ4n) is 4.20. The fourth-order valence-corrected chi connectivity index (χ4v) is 6.39. The summed E-state index contributed by atoms with van der Waals surface area (Å²) in [5.74, 6) is 0.0871. The van der Waals surface area contributed by atoms with Gasteiger partial charge in [0.1, 0.15) is 5.00 Å². The highest BCUT2D eigenvalue weighted by Gasteiger charge is 2.27. The molecule has 7 nitrogen and oxygen atoms in total. The third-order valence-electron chi connectivity index (χ3n) is 5.71. The Labute approximate surface area is 199 Å². The molecule has 170 valence electrons. The summed E-state index contributed by atoms with van der Waals surface area (Å²) in [6.45, 7) is 2.11. The van der Waals surface area contributed by atoms with Crippen molar-refractivity contribution in [3.8, 4) is 0 Å². The van der Waals surface area contributed by atoms with Gasteiger partial charge in [0.25, 0.3) is 0 Å². The van der Waals surface area contributed by atoms with Crippen molar-refractivity contribution >= 4 is 56.5 Å². The van der Waals surface area contributed by atoms with Gasteiger partial charge in [0.15, 0.2) is 10.8 Å². The highest BCUT2D eigenvalue weighted by molar-refractivity contribution is 7.99. The minimum Gasteiger partial charge on any atom is -0.462 e. The number of carbonyl (C=O) groups is 2. The Morgan fingerprint density at radius 2 is 2.00 bits per heavy atom. The van der Waals surface area contributed by atoms with Crippen LogP contribution in [0.25, 0.3) is 16.6 Å². The maximum absolute atomic E-state index is 12.7. The summed E-state index contributed by atoms with van der Waals surface area (Å²) in [5, 5.41) is 14.0. The average Bonchev–Trinajstić information content (AvgIpc) is 3.40. The lowest BCUT2D eigenvalue weighted by Gasteiger charge is -2.12. The molecule has 3 heterocycles. The second kappa shape index (κ2) is 9.52. The number of esters is 1. The molecule has 1 N–H and O–H groups in total. The number of nitrogens with one attached hydrogen (secondary N) is 1. The normalized spacial score (nSPS) is 13.2. The zero-order chi connectivity index (χ0) is 22.8. The predicted molar refractivity (Wildman–Crippen MR) is 131 cm³/mol. The molecule has 0 atom stereocenters. The van der Waals surface area contributed by atoms with E-state index in [2.05, 4.69) is 21.6 Å². The number of amides is 1. The average molecular weight is 481 g/mol. The number of carbonyl (C=O) groups excluding carboxylic acids is 2. The van der Waals surface area contributed by atoms with Crippen LogP contribution in [0.2, 0.25) is 0 Å². The Bertz CT molecular complexity index is 1340. The lowest BCUT2D eigenvalue weighted by atomic mass is 9.95. The van der Waals surface area contributed by atoms with E-state index in [0.29, 0.717) is 29.3 Å². The highest BCUT2D eigenvalue weighted by atomic mass is 32.2. The van der Waals surface area contributed by atoms with Gasteiger partial charge in [0, 0.05) is 17.1 Å². The number of aryl methyl sites for hydroxylation is 1. The van der Waals surface area contributed by atoms with Crippen LogP contribution in [-0.4, -0.2) is 38.8 Å². The van der Waals surface area contributed by atoms with Crippen LogP contribution in [0.3, 0.4) is 0 Å². The van der Waals surface area contributed by atoms with Gasteiger partial charge in [-0.3, -0.25) is 9.20 Å². The first kappa shape index (κ1) is 21.9. The first-order chi connectivity index (χ1) is 16.2. The smallest absolute Gasteiger partial charge is 0.341 e. The van der Waals surface area contributed by atoms with Crippen molar-refractivity contribution in [1.29, 1.82) is 0 Å². The maximum atomic E-state index is 12.7. The van der Waals surface area contributed by atoms with Crippen molar-refractivity contribution in [3.05, 3.63) is 52.4 Å². The summed E-state index contributed by atoms with van der Waals surface area (Å²) in [5.41, 5.74) is 3.42. The number of aromatic nitrogens is 3. The summed E-state index contributed by atoms with van der Waals surface area (Å²) in [4.78, 5) is 26.5. The van der Waals surface area contributed by atoms with Gasteiger partial charge in [-0.1, -0.05) is 30.0 Å². The topological polar surface area (TPSA) is 85.6 Å². The van der Waals surface area contributed by atoms with Crippen LogP contribution in [0.15, 0.2) is 41.6 Å². The lowest BCUT2D eigenvalue weighted by molar-refractivity contribution is -0.115. The van der Waals surface area contributed by atoms with Gasteiger partial charge in [-0.05, 0) is 61.8 Å². The predicted octanol–water partition coefficient (Wildman–Crippen LogP) is 5.12. The number of anilines is 1. The van der Waals surface area contributed by atoms with Crippen molar-refractivity contribution in [2.75, 3.05) is 17.7 Å². The van der Waals surface area contributed by atoms with Gasteiger partial charge in [-0.2, -0.15) is 0 Å². The van der Waals surface area contributed by atoms with Gasteiger partial charge in [-0.15, -0.1) is 21.5 Å². The molecule has 0 saturated heterocycles. The van der Waals surface area contributed by atoms with Gasteiger partial charge < -0.3 is 10.1 Å². The van der Waals surface area contributed by atoms with E-state index in [1.165, 1.54) is 28.0 Å². The van der Waals surface area contributed by atoms with E-state index in [1.54, 1.807) is 6.92 Å². The van der Waals surface area contributed by atoms with Gasteiger partial charge in [0.05, 0.1) is 17.7 Å². The molecule has 1 aliphatic rings. The summed E-state index contributed by atoms with van der Waals surface area (Å²) >= 11 is 3.01. The molecule has 0 fully saturated rings. The van der Waals surface area contributed by atoms with Crippen molar-refractivity contribution in [2.24, 2.45) is 0 Å². The molecule has 33 heavy (non-hydrogen) atoms. The van der Waals surface area contributed by atoms with Crippen LogP contribution >= 0.6 is 23.1 Å². The molecule has 0 unspecified atom stereocenters. The molecule has 0 bridgehead atoms. The quantitative estimate of drug-likeness (QED) is 0.292. The number of thiophene rings is 1. The molecule has 1 aliphatic carbocycles. The number of benzene rings is 1. The third-order valence-corrected chi connectivity index (χ3v) is 7.85. The highest BCUT2D eigenvalue weighted by Crippen LogP contribution is 2.38. The zero-order valence-electron chi connectivity index (χ0n) is 18.3. The Balaban J connectivity index is 1.29. The summed E-state index contributed by atoms with van der Waals surface area (Å²) in [6, 6.07) is 12.1. The van der Waals surface area contributed by atoms with Crippen LogP contribution in [-0.2, 0) is 22.4 Å². The first-order valence-corrected chi connectivity index (χ1v) is 12.9. The van der Waals surface area contributed by atoms with E-state index >= 15 is 0 Å². The lowest BCUT2D eigenvalue weighted by Crippen LogP contribution is -2.16. The molecule has 0 saturated carbocycles. The van der Waals surface area contributed by atoms with Crippen molar-refractivity contribution in [1.82, 2.24) is 14.6 Å². The Kier molecular flexibility index (Phi) is 6.32.